The van der Waals surface area contributed by atoms with Gasteiger partial charge in [0.25, 0.3) is 0 Å². The summed E-state index contributed by atoms with van der Waals surface area (Å²) in [5.41, 5.74) is 6.34. The number of nitrogens with two attached hydrogens (primary N) is 1. The van der Waals surface area contributed by atoms with Gasteiger partial charge in [0, 0.05) is 12.1 Å². The molecule has 1 heterocycles. The van der Waals surface area contributed by atoms with Gasteiger partial charge in [0.1, 0.15) is 0 Å². The van der Waals surface area contributed by atoms with E-state index in [9.17, 15) is 0 Å². The Hall–Kier alpha value is -1.01. The first-order valence-corrected chi connectivity index (χ1v) is 8.31. The standard InChI is InChI=1S/C15H30N6/c1-4-10-21(11-14-17-19-20(3)18-14)15(12-16)8-6-13(5-2)7-9-15/h13H,4-12,16H2,1-3H3. The van der Waals surface area contributed by atoms with Crippen molar-refractivity contribution >= 4 is 0 Å². The summed E-state index contributed by atoms with van der Waals surface area (Å²) in [6.07, 6.45) is 7.40. The summed E-state index contributed by atoms with van der Waals surface area (Å²) >= 11 is 0. The number of aromatic nitrogens is 4. The monoisotopic (exact) mass is 294 g/mol. The zero-order valence-electron chi connectivity index (χ0n) is 13.8. The first-order chi connectivity index (χ1) is 10.1. The van der Waals surface area contributed by atoms with Crippen LogP contribution in [-0.4, -0.2) is 43.7 Å². The molecule has 1 aromatic heterocycles. The lowest BCUT2D eigenvalue weighted by atomic mass is 9.74. The second kappa shape index (κ2) is 7.31. The molecule has 0 spiro atoms. The van der Waals surface area contributed by atoms with Crippen LogP contribution in [0, 0.1) is 5.92 Å². The fraction of sp³-hybridized carbons (Fsp3) is 0.933. The van der Waals surface area contributed by atoms with E-state index in [4.69, 9.17) is 5.73 Å². The van der Waals surface area contributed by atoms with E-state index < -0.39 is 0 Å². The number of hydrogen-bond acceptors (Lipinski definition) is 5. The van der Waals surface area contributed by atoms with Crippen LogP contribution in [0.5, 0.6) is 0 Å². The van der Waals surface area contributed by atoms with Crippen LogP contribution < -0.4 is 5.73 Å². The van der Waals surface area contributed by atoms with Gasteiger partial charge in [-0.15, -0.1) is 10.2 Å². The summed E-state index contributed by atoms with van der Waals surface area (Å²) in [4.78, 5) is 4.04. The van der Waals surface area contributed by atoms with Crippen molar-refractivity contribution in [3.8, 4) is 0 Å². The Labute approximate surface area is 128 Å². The van der Waals surface area contributed by atoms with Gasteiger partial charge in [0.2, 0.25) is 0 Å². The zero-order valence-corrected chi connectivity index (χ0v) is 13.8. The first kappa shape index (κ1) is 16.4. The van der Waals surface area contributed by atoms with E-state index in [1.165, 1.54) is 36.9 Å². The Morgan fingerprint density at radius 2 is 2.05 bits per heavy atom. The normalized spacial score (nSPS) is 26.4. The number of hydrogen-bond donors (Lipinski definition) is 1. The first-order valence-electron chi connectivity index (χ1n) is 8.31. The molecule has 0 bridgehead atoms. The molecule has 1 fully saturated rings. The minimum Gasteiger partial charge on any atom is -0.329 e. The second-order valence-corrected chi connectivity index (χ2v) is 6.40. The van der Waals surface area contributed by atoms with Crippen LogP contribution in [0.3, 0.4) is 0 Å². The van der Waals surface area contributed by atoms with E-state index in [0.29, 0.717) is 0 Å². The van der Waals surface area contributed by atoms with Gasteiger partial charge in [0.15, 0.2) is 5.82 Å². The molecule has 0 radical (unpaired) electrons. The molecule has 2 rings (SSSR count). The zero-order chi connectivity index (χ0) is 15.3. The Morgan fingerprint density at radius 1 is 1.33 bits per heavy atom. The van der Waals surface area contributed by atoms with Gasteiger partial charge < -0.3 is 5.73 Å². The molecule has 0 unspecified atom stereocenters. The van der Waals surface area contributed by atoms with Gasteiger partial charge in [-0.3, -0.25) is 4.90 Å². The summed E-state index contributed by atoms with van der Waals surface area (Å²) in [6, 6.07) is 0. The van der Waals surface area contributed by atoms with Crippen LogP contribution in [-0.2, 0) is 13.6 Å². The van der Waals surface area contributed by atoms with Gasteiger partial charge in [-0.05, 0) is 49.8 Å². The lowest BCUT2D eigenvalue weighted by Crippen LogP contribution is -2.55. The van der Waals surface area contributed by atoms with Crippen LogP contribution in [0.15, 0.2) is 0 Å². The number of aryl methyl sites for hydroxylation is 1. The van der Waals surface area contributed by atoms with E-state index in [-0.39, 0.29) is 5.54 Å². The largest absolute Gasteiger partial charge is 0.329 e. The van der Waals surface area contributed by atoms with Crippen molar-refractivity contribution in [2.24, 2.45) is 18.7 Å². The van der Waals surface area contributed by atoms with Crippen LogP contribution in [0.25, 0.3) is 0 Å². The molecular weight excluding hydrogens is 264 g/mol. The van der Waals surface area contributed by atoms with Crippen LogP contribution in [0.1, 0.15) is 58.2 Å². The average Bonchev–Trinajstić information content (AvgIpc) is 2.92. The molecule has 6 heteroatoms. The van der Waals surface area contributed by atoms with Crippen LogP contribution >= 0.6 is 0 Å². The molecule has 0 amide bonds. The van der Waals surface area contributed by atoms with E-state index in [1.807, 2.05) is 7.05 Å². The molecule has 1 aromatic rings. The molecule has 0 aliphatic heterocycles. The quantitative estimate of drug-likeness (QED) is 0.829. The van der Waals surface area contributed by atoms with Gasteiger partial charge in [-0.1, -0.05) is 20.3 Å². The summed E-state index contributed by atoms with van der Waals surface area (Å²) in [7, 11) is 1.81. The molecule has 0 aromatic carbocycles. The number of tetrazole rings is 1. The van der Waals surface area contributed by atoms with Crippen LogP contribution in [0.2, 0.25) is 0 Å². The van der Waals surface area contributed by atoms with Gasteiger partial charge >= 0.3 is 0 Å². The molecule has 1 aliphatic carbocycles. The van der Waals surface area contributed by atoms with E-state index in [2.05, 4.69) is 34.2 Å². The SMILES string of the molecule is CCCN(Cc1nnn(C)n1)C1(CN)CCC(CC)CC1. The fourth-order valence-corrected chi connectivity index (χ4v) is 3.58. The van der Waals surface area contributed by atoms with E-state index in [0.717, 1.165) is 37.8 Å². The summed E-state index contributed by atoms with van der Waals surface area (Å²) in [6.45, 7) is 7.05. The third-order valence-corrected chi connectivity index (χ3v) is 5.04. The molecular formula is C15H30N6. The van der Waals surface area contributed by atoms with Crippen molar-refractivity contribution in [2.45, 2.75) is 64.5 Å². The highest BCUT2D eigenvalue weighted by Crippen LogP contribution is 2.37. The van der Waals surface area contributed by atoms with Crippen molar-refractivity contribution in [3.05, 3.63) is 5.82 Å². The van der Waals surface area contributed by atoms with Crippen molar-refractivity contribution in [2.75, 3.05) is 13.1 Å². The maximum Gasteiger partial charge on any atom is 0.188 e. The van der Waals surface area contributed by atoms with E-state index >= 15 is 0 Å². The number of rotatable bonds is 7. The fourth-order valence-electron chi connectivity index (χ4n) is 3.58. The maximum atomic E-state index is 6.21. The second-order valence-electron chi connectivity index (χ2n) is 6.40. The minimum absolute atomic E-state index is 0.126. The predicted octanol–water partition coefficient (Wildman–Crippen LogP) is 1.72. The van der Waals surface area contributed by atoms with Crippen molar-refractivity contribution in [1.82, 2.24) is 25.1 Å². The third-order valence-electron chi connectivity index (χ3n) is 5.04. The van der Waals surface area contributed by atoms with Crippen molar-refractivity contribution in [3.63, 3.8) is 0 Å². The lowest BCUT2D eigenvalue weighted by Gasteiger charge is -2.47. The Bertz CT molecular complexity index is 422. The van der Waals surface area contributed by atoms with Crippen LogP contribution in [0.4, 0.5) is 0 Å². The highest BCUT2D eigenvalue weighted by molar-refractivity contribution is 4.97. The molecule has 21 heavy (non-hydrogen) atoms. The highest BCUT2D eigenvalue weighted by Gasteiger charge is 2.39. The topological polar surface area (TPSA) is 72.9 Å². The van der Waals surface area contributed by atoms with Crippen molar-refractivity contribution < 1.29 is 0 Å². The van der Waals surface area contributed by atoms with Gasteiger partial charge in [0.05, 0.1) is 13.6 Å². The Kier molecular flexibility index (Phi) is 5.70. The molecule has 0 atom stereocenters. The molecule has 2 N–H and O–H groups in total. The molecule has 1 saturated carbocycles. The average molecular weight is 294 g/mol. The lowest BCUT2D eigenvalue weighted by molar-refractivity contribution is 0.0327. The smallest absolute Gasteiger partial charge is 0.188 e. The molecule has 120 valence electrons. The molecule has 6 nitrogen and oxygen atoms in total. The van der Waals surface area contributed by atoms with Crippen molar-refractivity contribution in [1.29, 1.82) is 0 Å². The van der Waals surface area contributed by atoms with Gasteiger partial charge in [-0.2, -0.15) is 4.80 Å². The maximum absolute atomic E-state index is 6.21. The minimum atomic E-state index is 0.126. The predicted molar refractivity (Wildman–Crippen MR) is 83.5 cm³/mol. The Morgan fingerprint density at radius 3 is 2.52 bits per heavy atom. The third kappa shape index (κ3) is 3.80. The highest BCUT2D eigenvalue weighted by atomic mass is 15.6. The summed E-state index contributed by atoms with van der Waals surface area (Å²) in [5.74, 6) is 1.68. The molecule has 0 saturated heterocycles. The van der Waals surface area contributed by atoms with E-state index in [1.54, 1.807) is 0 Å². The summed E-state index contributed by atoms with van der Waals surface area (Å²) in [5, 5.41) is 12.4. The summed E-state index contributed by atoms with van der Waals surface area (Å²) < 4.78 is 0. The Balaban J connectivity index is 2.10. The number of nitrogens with zero attached hydrogens (tertiary/aromatic N) is 5. The molecule has 1 aliphatic rings. The van der Waals surface area contributed by atoms with Gasteiger partial charge in [-0.25, -0.2) is 0 Å².